The van der Waals surface area contributed by atoms with Gasteiger partial charge in [0.15, 0.2) is 5.11 Å². The van der Waals surface area contributed by atoms with Crippen LogP contribution in [0.4, 0.5) is 5.69 Å². The van der Waals surface area contributed by atoms with Crippen molar-refractivity contribution in [2.75, 3.05) is 12.4 Å². The fourth-order valence-corrected chi connectivity index (χ4v) is 2.70. The molecule has 0 amide bonds. The minimum atomic E-state index is 0.522. The first kappa shape index (κ1) is 19.4. The molecule has 0 aromatic heterocycles. The minimum Gasteiger partial charge on any atom is -0.358 e. The third-order valence-electron chi connectivity index (χ3n) is 4.62. The number of rotatable bonds is 6. The first-order valence-corrected chi connectivity index (χ1v) is 9.16. The van der Waals surface area contributed by atoms with E-state index < -0.39 is 0 Å². The summed E-state index contributed by atoms with van der Waals surface area (Å²) >= 11 is 5.45. The number of benzene rings is 2. The molecule has 0 saturated carbocycles. The van der Waals surface area contributed by atoms with Crippen LogP contribution in [0.2, 0.25) is 0 Å². The molecule has 0 aliphatic carbocycles. The van der Waals surface area contributed by atoms with E-state index in [0.29, 0.717) is 11.2 Å². The van der Waals surface area contributed by atoms with E-state index in [-0.39, 0.29) is 0 Å². The molecule has 0 bridgehead atoms. The van der Waals surface area contributed by atoms with Crippen molar-refractivity contribution in [3.63, 3.8) is 0 Å². The number of thiocarbonyl (C=S) groups is 1. The van der Waals surface area contributed by atoms with Crippen molar-refractivity contribution in [1.29, 1.82) is 0 Å². The number of anilines is 1. The Morgan fingerprint density at radius 3 is 2.36 bits per heavy atom. The molecule has 0 radical (unpaired) electrons. The maximum atomic E-state index is 5.45. The summed E-state index contributed by atoms with van der Waals surface area (Å²) in [5.41, 5.74) is 6.18. The summed E-state index contributed by atoms with van der Waals surface area (Å²) in [5, 5.41) is 7.24. The van der Waals surface area contributed by atoms with Gasteiger partial charge in [-0.15, -0.1) is 0 Å². The van der Waals surface area contributed by atoms with Crippen molar-refractivity contribution in [3.05, 3.63) is 64.7 Å². The van der Waals surface area contributed by atoms with Crippen molar-refractivity contribution in [3.8, 4) is 0 Å². The maximum absolute atomic E-state index is 5.45. The molecule has 2 N–H and O–H groups in total. The Morgan fingerprint density at radius 1 is 1.04 bits per heavy atom. The fraction of sp³-hybridized carbons (Fsp3) is 0.381. The van der Waals surface area contributed by atoms with Crippen LogP contribution in [0, 0.1) is 13.8 Å². The molecule has 2 aromatic rings. The van der Waals surface area contributed by atoms with E-state index in [9.17, 15) is 0 Å². The van der Waals surface area contributed by atoms with Crippen LogP contribution in [0.5, 0.6) is 0 Å². The molecule has 0 aliphatic heterocycles. The quantitative estimate of drug-likeness (QED) is 0.739. The molecule has 2 aromatic carbocycles. The Balaban J connectivity index is 1.96. The molecule has 134 valence electrons. The normalized spacial score (nSPS) is 11.0. The van der Waals surface area contributed by atoms with Gasteiger partial charge in [0, 0.05) is 24.8 Å². The van der Waals surface area contributed by atoms with E-state index in [4.69, 9.17) is 12.2 Å². The fourth-order valence-electron chi connectivity index (χ4n) is 2.51. The highest BCUT2D eigenvalue weighted by Gasteiger charge is 2.08. The Morgan fingerprint density at radius 2 is 1.72 bits per heavy atom. The van der Waals surface area contributed by atoms with Crippen molar-refractivity contribution in [2.24, 2.45) is 0 Å². The predicted octanol–water partition coefficient (Wildman–Crippen LogP) is 4.63. The summed E-state index contributed by atoms with van der Waals surface area (Å²) in [6.45, 7) is 10.3. The number of nitrogens with zero attached hydrogens (tertiary/aromatic N) is 1. The lowest BCUT2D eigenvalue weighted by Crippen LogP contribution is -2.29. The van der Waals surface area contributed by atoms with Crippen LogP contribution in [-0.2, 0) is 13.1 Å². The number of nitrogens with one attached hydrogen (secondary N) is 2. The van der Waals surface area contributed by atoms with Gasteiger partial charge in [-0.3, -0.25) is 4.90 Å². The number of hydrogen-bond acceptors (Lipinski definition) is 2. The zero-order valence-corrected chi connectivity index (χ0v) is 16.7. The summed E-state index contributed by atoms with van der Waals surface area (Å²) in [7, 11) is 2.15. The average Bonchev–Trinajstić information content (AvgIpc) is 2.57. The Hall–Kier alpha value is -1.91. The molecule has 4 heteroatoms. The minimum absolute atomic E-state index is 0.522. The van der Waals surface area contributed by atoms with Crippen LogP contribution in [0.1, 0.15) is 36.1 Å². The van der Waals surface area contributed by atoms with Crippen molar-refractivity contribution in [2.45, 2.75) is 46.8 Å². The van der Waals surface area contributed by atoms with Crippen LogP contribution in [-0.4, -0.2) is 23.1 Å². The molecule has 25 heavy (non-hydrogen) atoms. The summed E-state index contributed by atoms with van der Waals surface area (Å²) in [4.78, 5) is 2.34. The summed E-state index contributed by atoms with van der Waals surface area (Å²) in [5.74, 6) is 0. The van der Waals surface area contributed by atoms with Crippen LogP contribution < -0.4 is 10.6 Å². The van der Waals surface area contributed by atoms with Gasteiger partial charge in [-0.05, 0) is 81.3 Å². The SMILES string of the molecule is Cc1ccc(NC(=S)NCc2ccccc2CN(C)C(C)C)cc1C. The van der Waals surface area contributed by atoms with Crippen LogP contribution in [0.3, 0.4) is 0 Å². The van der Waals surface area contributed by atoms with Crippen molar-refractivity contribution < 1.29 is 0 Å². The highest BCUT2D eigenvalue weighted by Crippen LogP contribution is 2.15. The van der Waals surface area contributed by atoms with Gasteiger partial charge >= 0.3 is 0 Å². The Bertz CT molecular complexity index is 725. The molecule has 0 aliphatic rings. The molecule has 2 rings (SSSR count). The van der Waals surface area contributed by atoms with Crippen LogP contribution in [0.15, 0.2) is 42.5 Å². The molecule has 0 spiro atoms. The smallest absolute Gasteiger partial charge is 0.171 e. The second-order valence-corrected chi connectivity index (χ2v) is 7.29. The van der Waals surface area contributed by atoms with Gasteiger partial charge in [0.05, 0.1) is 0 Å². The van der Waals surface area contributed by atoms with E-state index in [1.807, 2.05) is 0 Å². The lowest BCUT2D eigenvalue weighted by Gasteiger charge is -2.23. The topological polar surface area (TPSA) is 27.3 Å². The van der Waals surface area contributed by atoms with E-state index in [2.05, 4.69) is 92.7 Å². The molecule has 3 nitrogen and oxygen atoms in total. The number of hydrogen-bond donors (Lipinski definition) is 2. The van der Waals surface area contributed by atoms with Gasteiger partial charge in [0.1, 0.15) is 0 Å². The molecular formula is C21H29N3S. The van der Waals surface area contributed by atoms with Crippen LogP contribution in [0.25, 0.3) is 0 Å². The first-order valence-electron chi connectivity index (χ1n) is 8.76. The van der Waals surface area contributed by atoms with Crippen LogP contribution >= 0.6 is 12.2 Å². The van der Waals surface area contributed by atoms with Crippen molar-refractivity contribution >= 4 is 23.0 Å². The van der Waals surface area contributed by atoms with Gasteiger partial charge < -0.3 is 10.6 Å². The van der Waals surface area contributed by atoms with E-state index in [1.165, 1.54) is 22.3 Å². The molecule has 0 saturated heterocycles. The van der Waals surface area contributed by atoms with Gasteiger partial charge in [-0.2, -0.15) is 0 Å². The number of aryl methyl sites for hydroxylation is 2. The lowest BCUT2D eigenvalue weighted by atomic mass is 10.1. The van der Waals surface area contributed by atoms with E-state index in [1.54, 1.807) is 0 Å². The van der Waals surface area contributed by atoms with Gasteiger partial charge in [0.25, 0.3) is 0 Å². The standard InChI is InChI=1S/C21H29N3S/c1-15(2)24(5)14-19-9-7-6-8-18(19)13-22-21(25)23-20-11-10-16(3)17(4)12-20/h6-12,15H,13-14H2,1-5H3,(H2,22,23,25). The van der Waals surface area contributed by atoms with Gasteiger partial charge in [-0.1, -0.05) is 30.3 Å². The summed E-state index contributed by atoms with van der Waals surface area (Å²) in [6.07, 6.45) is 0. The Kier molecular flexibility index (Phi) is 6.97. The maximum Gasteiger partial charge on any atom is 0.171 e. The molecule has 0 atom stereocenters. The second kappa shape index (κ2) is 8.97. The molecular weight excluding hydrogens is 326 g/mol. The van der Waals surface area contributed by atoms with E-state index >= 15 is 0 Å². The first-order chi connectivity index (χ1) is 11.9. The zero-order valence-electron chi connectivity index (χ0n) is 15.9. The highest BCUT2D eigenvalue weighted by molar-refractivity contribution is 7.80. The van der Waals surface area contributed by atoms with E-state index in [0.717, 1.165) is 18.8 Å². The zero-order chi connectivity index (χ0) is 18.4. The predicted molar refractivity (Wildman–Crippen MR) is 112 cm³/mol. The molecule has 0 heterocycles. The average molecular weight is 356 g/mol. The third kappa shape index (κ3) is 5.83. The molecule has 0 fully saturated rings. The monoisotopic (exact) mass is 355 g/mol. The Labute approximate surface area is 157 Å². The largest absolute Gasteiger partial charge is 0.358 e. The van der Waals surface area contributed by atoms with Gasteiger partial charge in [0.2, 0.25) is 0 Å². The molecule has 0 unspecified atom stereocenters. The summed E-state index contributed by atoms with van der Waals surface area (Å²) < 4.78 is 0. The van der Waals surface area contributed by atoms with Gasteiger partial charge in [-0.25, -0.2) is 0 Å². The lowest BCUT2D eigenvalue weighted by molar-refractivity contribution is 0.265. The highest BCUT2D eigenvalue weighted by atomic mass is 32.1. The van der Waals surface area contributed by atoms with Crippen molar-refractivity contribution in [1.82, 2.24) is 10.2 Å². The second-order valence-electron chi connectivity index (χ2n) is 6.88. The summed E-state index contributed by atoms with van der Waals surface area (Å²) in [6, 6.07) is 15.3. The third-order valence-corrected chi connectivity index (χ3v) is 4.87.